The summed E-state index contributed by atoms with van der Waals surface area (Å²) in [6.07, 6.45) is 5.32. The normalized spacial score (nSPS) is 16.0. The SMILES string of the molecule is COc1ccc(CCNC(=O)N[C@@H]2CCCc3occc32)cc1OC. The Morgan fingerprint density at radius 2 is 2.08 bits per heavy atom. The minimum Gasteiger partial charge on any atom is -0.493 e. The van der Waals surface area contributed by atoms with Crippen LogP contribution >= 0.6 is 0 Å². The van der Waals surface area contributed by atoms with Gasteiger partial charge in [-0.3, -0.25) is 0 Å². The average Bonchev–Trinajstić information content (AvgIpc) is 3.11. The van der Waals surface area contributed by atoms with Gasteiger partial charge in [-0.2, -0.15) is 0 Å². The molecule has 1 heterocycles. The Hall–Kier alpha value is -2.63. The number of nitrogens with one attached hydrogen (secondary N) is 2. The van der Waals surface area contributed by atoms with E-state index in [0.29, 0.717) is 18.0 Å². The van der Waals surface area contributed by atoms with Gasteiger partial charge in [-0.1, -0.05) is 6.07 Å². The van der Waals surface area contributed by atoms with Crippen molar-refractivity contribution >= 4 is 6.03 Å². The molecular formula is C19H24N2O4. The van der Waals surface area contributed by atoms with Crippen molar-refractivity contribution in [1.82, 2.24) is 10.6 Å². The first-order chi connectivity index (χ1) is 12.2. The van der Waals surface area contributed by atoms with Gasteiger partial charge in [0.2, 0.25) is 0 Å². The van der Waals surface area contributed by atoms with Crippen LogP contribution in [0.5, 0.6) is 11.5 Å². The largest absolute Gasteiger partial charge is 0.493 e. The van der Waals surface area contributed by atoms with Gasteiger partial charge < -0.3 is 24.5 Å². The summed E-state index contributed by atoms with van der Waals surface area (Å²) in [5.74, 6) is 2.38. The molecule has 1 aromatic heterocycles. The molecule has 134 valence electrons. The molecular weight excluding hydrogens is 320 g/mol. The van der Waals surface area contributed by atoms with E-state index in [4.69, 9.17) is 13.9 Å². The third-order valence-corrected chi connectivity index (χ3v) is 4.50. The fourth-order valence-corrected chi connectivity index (χ4v) is 3.20. The summed E-state index contributed by atoms with van der Waals surface area (Å²) in [6, 6.07) is 7.60. The van der Waals surface area contributed by atoms with Crippen LogP contribution in [0.25, 0.3) is 0 Å². The summed E-state index contributed by atoms with van der Waals surface area (Å²) in [5.41, 5.74) is 2.18. The van der Waals surface area contributed by atoms with Crippen molar-refractivity contribution in [3.63, 3.8) is 0 Å². The van der Waals surface area contributed by atoms with E-state index in [0.717, 1.165) is 42.6 Å². The fraction of sp³-hybridized carbons (Fsp3) is 0.421. The number of benzene rings is 1. The first-order valence-electron chi connectivity index (χ1n) is 8.52. The predicted molar refractivity (Wildman–Crippen MR) is 94.2 cm³/mol. The number of fused-ring (bicyclic) bond motifs is 1. The number of carbonyl (C=O) groups is 1. The van der Waals surface area contributed by atoms with Gasteiger partial charge in [0.1, 0.15) is 5.76 Å². The Kier molecular flexibility index (Phi) is 5.48. The molecule has 0 aliphatic heterocycles. The van der Waals surface area contributed by atoms with E-state index in [1.807, 2.05) is 24.3 Å². The van der Waals surface area contributed by atoms with Crippen molar-refractivity contribution in [2.45, 2.75) is 31.7 Å². The second-order valence-corrected chi connectivity index (χ2v) is 6.08. The lowest BCUT2D eigenvalue weighted by molar-refractivity contribution is 0.235. The van der Waals surface area contributed by atoms with Crippen LogP contribution in [0, 0.1) is 0 Å². The number of hydrogen-bond acceptors (Lipinski definition) is 4. The highest BCUT2D eigenvalue weighted by Gasteiger charge is 2.23. The Morgan fingerprint density at radius 1 is 1.24 bits per heavy atom. The van der Waals surface area contributed by atoms with Gasteiger partial charge in [0.15, 0.2) is 11.5 Å². The zero-order chi connectivity index (χ0) is 17.6. The smallest absolute Gasteiger partial charge is 0.315 e. The summed E-state index contributed by atoms with van der Waals surface area (Å²) >= 11 is 0. The molecule has 1 aliphatic rings. The number of furan rings is 1. The van der Waals surface area contributed by atoms with Crippen molar-refractivity contribution in [3.05, 3.63) is 47.4 Å². The molecule has 1 aromatic carbocycles. The van der Waals surface area contributed by atoms with E-state index in [-0.39, 0.29) is 12.1 Å². The van der Waals surface area contributed by atoms with Crippen LogP contribution < -0.4 is 20.1 Å². The number of urea groups is 1. The lowest BCUT2D eigenvalue weighted by Crippen LogP contribution is -2.39. The lowest BCUT2D eigenvalue weighted by atomic mass is 9.93. The first kappa shape index (κ1) is 17.2. The highest BCUT2D eigenvalue weighted by molar-refractivity contribution is 5.74. The molecule has 0 saturated heterocycles. The molecule has 2 amide bonds. The molecule has 0 spiro atoms. The minimum atomic E-state index is -0.153. The second-order valence-electron chi connectivity index (χ2n) is 6.08. The van der Waals surface area contributed by atoms with Crippen molar-refractivity contribution in [2.75, 3.05) is 20.8 Å². The first-order valence-corrected chi connectivity index (χ1v) is 8.52. The molecule has 25 heavy (non-hydrogen) atoms. The zero-order valence-electron chi connectivity index (χ0n) is 14.6. The summed E-state index contributed by atoms with van der Waals surface area (Å²) in [5, 5.41) is 5.95. The number of aryl methyl sites for hydroxylation is 1. The van der Waals surface area contributed by atoms with Crippen LogP contribution in [0.2, 0.25) is 0 Å². The number of ether oxygens (including phenoxy) is 2. The molecule has 2 aromatic rings. The van der Waals surface area contributed by atoms with E-state index in [9.17, 15) is 4.79 Å². The summed E-state index contributed by atoms with van der Waals surface area (Å²) < 4.78 is 16.0. The second kappa shape index (κ2) is 7.96. The molecule has 1 aliphatic carbocycles. The molecule has 2 N–H and O–H groups in total. The van der Waals surface area contributed by atoms with Crippen LogP contribution in [0.3, 0.4) is 0 Å². The third-order valence-electron chi connectivity index (χ3n) is 4.50. The van der Waals surface area contributed by atoms with Crippen LogP contribution in [-0.4, -0.2) is 26.8 Å². The number of methoxy groups -OCH3 is 2. The Labute approximate surface area is 147 Å². The Morgan fingerprint density at radius 3 is 2.88 bits per heavy atom. The van der Waals surface area contributed by atoms with Crippen LogP contribution in [0.1, 0.15) is 35.8 Å². The topological polar surface area (TPSA) is 72.7 Å². The molecule has 0 bridgehead atoms. The van der Waals surface area contributed by atoms with E-state index in [1.165, 1.54) is 0 Å². The zero-order valence-corrected chi connectivity index (χ0v) is 14.6. The quantitative estimate of drug-likeness (QED) is 0.844. The van der Waals surface area contributed by atoms with E-state index >= 15 is 0 Å². The number of carbonyl (C=O) groups excluding carboxylic acids is 1. The van der Waals surface area contributed by atoms with Gasteiger partial charge in [-0.25, -0.2) is 4.79 Å². The summed E-state index contributed by atoms with van der Waals surface area (Å²) in [4.78, 5) is 12.2. The van der Waals surface area contributed by atoms with Gasteiger partial charge >= 0.3 is 6.03 Å². The molecule has 0 fully saturated rings. The maximum absolute atomic E-state index is 12.2. The third kappa shape index (κ3) is 4.07. The van der Waals surface area contributed by atoms with Gasteiger partial charge in [-0.05, 0) is 43.0 Å². The van der Waals surface area contributed by atoms with Crippen molar-refractivity contribution in [2.24, 2.45) is 0 Å². The van der Waals surface area contributed by atoms with E-state index < -0.39 is 0 Å². The van der Waals surface area contributed by atoms with E-state index in [2.05, 4.69) is 10.6 Å². The predicted octanol–water partition coefficient (Wildman–Crippen LogP) is 3.22. The molecule has 3 rings (SSSR count). The maximum atomic E-state index is 12.2. The van der Waals surface area contributed by atoms with E-state index in [1.54, 1.807) is 20.5 Å². The molecule has 6 nitrogen and oxygen atoms in total. The molecule has 0 unspecified atom stereocenters. The summed E-state index contributed by atoms with van der Waals surface area (Å²) in [7, 11) is 3.22. The Bertz CT molecular complexity index is 726. The average molecular weight is 344 g/mol. The molecule has 0 radical (unpaired) electrons. The van der Waals surface area contributed by atoms with Crippen LogP contribution in [-0.2, 0) is 12.8 Å². The lowest BCUT2D eigenvalue weighted by Gasteiger charge is -2.22. The van der Waals surface area contributed by atoms with Crippen molar-refractivity contribution < 1.29 is 18.7 Å². The molecule has 1 atom stereocenters. The minimum absolute atomic E-state index is 0.0311. The molecule has 6 heteroatoms. The highest BCUT2D eigenvalue weighted by atomic mass is 16.5. The van der Waals surface area contributed by atoms with Crippen LogP contribution in [0.4, 0.5) is 4.79 Å². The van der Waals surface area contributed by atoms with Crippen LogP contribution in [0.15, 0.2) is 34.9 Å². The van der Waals surface area contributed by atoms with Crippen molar-refractivity contribution in [3.8, 4) is 11.5 Å². The Balaban J connectivity index is 1.49. The number of rotatable bonds is 6. The summed E-state index contributed by atoms with van der Waals surface area (Å²) in [6.45, 7) is 0.548. The highest BCUT2D eigenvalue weighted by Crippen LogP contribution is 2.30. The number of amides is 2. The maximum Gasteiger partial charge on any atom is 0.315 e. The number of hydrogen-bond donors (Lipinski definition) is 2. The van der Waals surface area contributed by atoms with Gasteiger partial charge in [-0.15, -0.1) is 0 Å². The fourth-order valence-electron chi connectivity index (χ4n) is 3.20. The van der Waals surface area contributed by atoms with Gasteiger partial charge in [0.25, 0.3) is 0 Å². The monoisotopic (exact) mass is 344 g/mol. The van der Waals surface area contributed by atoms with Gasteiger partial charge in [0, 0.05) is 18.5 Å². The van der Waals surface area contributed by atoms with Crippen molar-refractivity contribution in [1.29, 1.82) is 0 Å². The standard InChI is InChI=1S/C19H24N2O4/c1-23-17-7-6-13(12-18(17)24-2)8-10-20-19(22)21-15-4-3-5-16-14(15)9-11-25-16/h6-7,9,11-12,15H,3-5,8,10H2,1-2H3,(H2,20,21,22)/t15-/m1/s1. The molecule has 0 saturated carbocycles. The van der Waals surface area contributed by atoms with Gasteiger partial charge in [0.05, 0.1) is 26.5 Å².